The summed E-state index contributed by atoms with van der Waals surface area (Å²) in [7, 11) is 1.95. The number of aliphatic hydroxyl groups excluding tert-OH is 1. The van der Waals surface area contributed by atoms with E-state index in [1.807, 2.05) is 31.9 Å². The molecule has 0 aromatic carbocycles. The Morgan fingerprint density at radius 3 is 2.29 bits per heavy atom. The second-order valence-corrected chi connectivity index (χ2v) is 7.14. The second-order valence-electron chi connectivity index (χ2n) is 7.14. The van der Waals surface area contributed by atoms with Crippen molar-refractivity contribution in [3.8, 4) is 0 Å². The number of anilines is 2. The topological polar surface area (TPSA) is 61.3 Å². The summed E-state index contributed by atoms with van der Waals surface area (Å²) >= 11 is 0. The fourth-order valence-corrected chi connectivity index (χ4v) is 1.70. The first-order valence-electron chi connectivity index (χ1n) is 7.60. The summed E-state index contributed by atoms with van der Waals surface area (Å²) in [5.41, 5.74) is -0.492. The van der Waals surface area contributed by atoms with Gasteiger partial charge in [-0.2, -0.15) is 0 Å². The van der Waals surface area contributed by atoms with Crippen molar-refractivity contribution in [2.75, 3.05) is 30.4 Å². The standard InChI is InChI=1S/C16H30N4O/c1-8-9-17-12-10-13(20(7)16(5,6)11-21)19-14(18-12)15(2,3)4/h10,21H,8-9,11H2,1-7H3,(H,17,18,19). The number of aromatic nitrogens is 2. The highest BCUT2D eigenvalue weighted by Crippen LogP contribution is 2.26. The first-order valence-corrected chi connectivity index (χ1v) is 7.60. The minimum Gasteiger partial charge on any atom is -0.394 e. The number of hydrogen-bond acceptors (Lipinski definition) is 5. The van der Waals surface area contributed by atoms with E-state index >= 15 is 0 Å². The van der Waals surface area contributed by atoms with Crippen LogP contribution >= 0.6 is 0 Å². The zero-order valence-electron chi connectivity index (χ0n) is 14.5. The second kappa shape index (κ2) is 6.60. The van der Waals surface area contributed by atoms with E-state index in [2.05, 4.69) is 38.0 Å². The monoisotopic (exact) mass is 294 g/mol. The van der Waals surface area contributed by atoms with E-state index in [-0.39, 0.29) is 17.6 Å². The lowest BCUT2D eigenvalue weighted by Crippen LogP contribution is -2.45. The molecule has 5 nitrogen and oxygen atoms in total. The van der Waals surface area contributed by atoms with Crippen LogP contribution < -0.4 is 10.2 Å². The minimum atomic E-state index is -0.370. The zero-order chi connectivity index (χ0) is 16.3. The highest BCUT2D eigenvalue weighted by Gasteiger charge is 2.26. The van der Waals surface area contributed by atoms with Gasteiger partial charge >= 0.3 is 0 Å². The molecule has 0 aliphatic heterocycles. The van der Waals surface area contributed by atoms with E-state index in [9.17, 15) is 5.11 Å². The molecule has 0 radical (unpaired) electrons. The third-order valence-electron chi connectivity index (χ3n) is 3.58. The van der Waals surface area contributed by atoms with Gasteiger partial charge < -0.3 is 15.3 Å². The summed E-state index contributed by atoms with van der Waals surface area (Å²) in [5.74, 6) is 2.47. The molecule has 1 aromatic rings. The van der Waals surface area contributed by atoms with Crippen molar-refractivity contribution >= 4 is 11.6 Å². The summed E-state index contributed by atoms with van der Waals surface area (Å²) in [6, 6.07) is 1.95. The van der Waals surface area contributed by atoms with Crippen molar-refractivity contribution in [1.82, 2.24) is 9.97 Å². The van der Waals surface area contributed by atoms with Gasteiger partial charge in [-0.3, -0.25) is 0 Å². The van der Waals surface area contributed by atoms with E-state index in [0.29, 0.717) is 0 Å². The van der Waals surface area contributed by atoms with Crippen LogP contribution in [0, 0.1) is 0 Å². The molecule has 0 aliphatic carbocycles. The first-order chi connectivity index (χ1) is 9.61. The molecule has 0 atom stereocenters. The van der Waals surface area contributed by atoms with Crippen molar-refractivity contribution < 1.29 is 5.11 Å². The molecule has 0 saturated carbocycles. The molecule has 1 aromatic heterocycles. The molecule has 1 heterocycles. The summed E-state index contributed by atoms with van der Waals surface area (Å²) in [5, 5.41) is 12.9. The van der Waals surface area contributed by atoms with Crippen LogP contribution in [-0.2, 0) is 5.41 Å². The molecule has 0 unspecified atom stereocenters. The normalized spacial score (nSPS) is 12.4. The van der Waals surface area contributed by atoms with Gasteiger partial charge in [0.25, 0.3) is 0 Å². The number of aliphatic hydroxyl groups is 1. The Morgan fingerprint density at radius 1 is 1.19 bits per heavy atom. The third-order valence-corrected chi connectivity index (χ3v) is 3.58. The maximum atomic E-state index is 9.56. The maximum absolute atomic E-state index is 9.56. The van der Waals surface area contributed by atoms with E-state index in [1.54, 1.807) is 0 Å². The van der Waals surface area contributed by atoms with Gasteiger partial charge in [-0.1, -0.05) is 27.7 Å². The molecular weight excluding hydrogens is 264 g/mol. The zero-order valence-corrected chi connectivity index (χ0v) is 14.5. The Morgan fingerprint density at radius 2 is 1.81 bits per heavy atom. The van der Waals surface area contributed by atoms with Crippen LogP contribution in [0.5, 0.6) is 0 Å². The third kappa shape index (κ3) is 4.56. The van der Waals surface area contributed by atoms with Crippen molar-refractivity contribution in [1.29, 1.82) is 0 Å². The van der Waals surface area contributed by atoms with Crippen LogP contribution in [-0.4, -0.2) is 40.8 Å². The van der Waals surface area contributed by atoms with Gasteiger partial charge in [-0.15, -0.1) is 0 Å². The highest BCUT2D eigenvalue weighted by molar-refractivity contribution is 5.51. The van der Waals surface area contributed by atoms with E-state index in [0.717, 1.165) is 30.4 Å². The van der Waals surface area contributed by atoms with Gasteiger partial charge in [0, 0.05) is 25.1 Å². The number of hydrogen-bond donors (Lipinski definition) is 2. The average Bonchev–Trinajstić information content (AvgIpc) is 2.42. The van der Waals surface area contributed by atoms with Crippen LogP contribution in [0.25, 0.3) is 0 Å². The van der Waals surface area contributed by atoms with Gasteiger partial charge in [0.2, 0.25) is 0 Å². The van der Waals surface area contributed by atoms with Crippen LogP contribution in [0.3, 0.4) is 0 Å². The predicted molar refractivity (Wildman–Crippen MR) is 89.1 cm³/mol. The molecule has 0 aliphatic rings. The number of nitrogens with zero attached hydrogens (tertiary/aromatic N) is 3. The fraction of sp³-hybridized carbons (Fsp3) is 0.750. The van der Waals surface area contributed by atoms with E-state index in [4.69, 9.17) is 4.98 Å². The Balaban J connectivity index is 3.24. The molecule has 21 heavy (non-hydrogen) atoms. The number of nitrogens with one attached hydrogen (secondary N) is 1. The van der Waals surface area contributed by atoms with Crippen molar-refractivity contribution in [3.63, 3.8) is 0 Å². The van der Waals surface area contributed by atoms with Crippen LogP contribution in [0.15, 0.2) is 6.07 Å². The quantitative estimate of drug-likeness (QED) is 0.845. The lowest BCUT2D eigenvalue weighted by molar-refractivity contribution is 0.215. The smallest absolute Gasteiger partial charge is 0.138 e. The maximum Gasteiger partial charge on any atom is 0.138 e. The Labute approximate surface area is 128 Å². The molecule has 0 fully saturated rings. The van der Waals surface area contributed by atoms with Gasteiger partial charge in [0.1, 0.15) is 17.5 Å². The lowest BCUT2D eigenvalue weighted by Gasteiger charge is -2.35. The molecule has 0 spiro atoms. The average molecular weight is 294 g/mol. The minimum absolute atomic E-state index is 0.0656. The van der Waals surface area contributed by atoms with Crippen LogP contribution in [0.4, 0.5) is 11.6 Å². The largest absolute Gasteiger partial charge is 0.394 e. The Bertz CT molecular complexity index is 466. The number of rotatable bonds is 6. The van der Waals surface area contributed by atoms with Crippen LogP contribution in [0.1, 0.15) is 53.8 Å². The van der Waals surface area contributed by atoms with E-state index < -0.39 is 0 Å². The molecular formula is C16H30N4O. The summed E-state index contributed by atoms with van der Waals surface area (Å²) < 4.78 is 0. The molecule has 0 amide bonds. The molecule has 120 valence electrons. The molecule has 0 bridgehead atoms. The van der Waals surface area contributed by atoms with Gasteiger partial charge in [0.05, 0.1) is 12.1 Å². The predicted octanol–water partition coefficient (Wildman–Crippen LogP) is 2.80. The van der Waals surface area contributed by atoms with E-state index in [1.165, 1.54) is 0 Å². The lowest BCUT2D eigenvalue weighted by atomic mass is 9.95. The van der Waals surface area contributed by atoms with Gasteiger partial charge in [-0.25, -0.2) is 9.97 Å². The van der Waals surface area contributed by atoms with Gasteiger partial charge in [0.15, 0.2) is 0 Å². The van der Waals surface area contributed by atoms with Crippen molar-refractivity contribution in [2.45, 2.75) is 58.9 Å². The SMILES string of the molecule is CCCNc1cc(N(C)C(C)(C)CO)nc(C(C)(C)C)n1. The van der Waals surface area contributed by atoms with Gasteiger partial charge in [-0.05, 0) is 20.3 Å². The van der Waals surface area contributed by atoms with Crippen LogP contribution in [0.2, 0.25) is 0 Å². The first kappa shape index (κ1) is 17.7. The van der Waals surface area contributed by atoms with Crippen molar-refractivity contribution in [3.05, 3.63) is 11.9 Å². The molecule has 0 saturated heterocycles. The Hall–Kier alpha value is -1.36. The summed E-state index contributed by atoms with van der Waals surface area (Å²) in [4.78, 5) is 11.3. The highest BCUT2D eigenvalue weighted by atomic mass is 16.3. The Kier molecular flexibility index (Phi) is 5.56. The van der Waals surface area contributed by atoms with Crippen molar-refractivity contribution in [2.24, 2.45) is 0 Å². The number of likely N-dealkylation sites (N-methyl/N-ethyl adjacent to an activating group) is 1. The molecule has 2 N–H and O–H groups in total. The molecule has 1 rings (SSSR count). The summed E-state index contributed by atoms with van der Waals surface area (Å²) in [6.07, 6.45) is 1.04. The molecule has 5 heteroatoms. The summed E-state index contributed by atoms with van der Waals surface area (Å²) in [6.45, 7) is 13.4. The fourth-order valence-electron chi connectivity index (χ4n) is 1.70.